The molecule has 216 valence electrons. The Balaban J connectivity index is 2.41. The molecule has 0 spiro atoms. The van der Waals surface area contributed by atoms with Crippen LogP contribution in [0.15, 0.2) is 24.3 Å². The first kappa shape index (κ1) is 31.6. The molecule has 1 unspecified atom stereocenters. The van der Waals surface area contributed by atoms with Crippen LogP contribution in [-0.2, 0) is 25.6 Å². The van der Waals surface area contributed by atoms with Gasteiger partial charge in [-0.2, -0.15) is 0 Å². The number of carboxylic acid groups (broad SMARTS) is 4. The summed E-state index contributed by atoms with van der Waals surface area (Å²) in [5.74, 6) is -4.52. The number of amides is 1. The van der Waals surface area contributed by atoms with Gasteiger partial charge in [0.05, 0.1) is 26.2 Å². The lowest BCUT2D eigenvalue weighted by molar-refractivity contribution is -0.142. The second-order valence-electron chi connectivity index (χ2n) is 9.47. The number of carbonyl (C=O) groups is 5. The van der Waals surface area contributed by atoms with Crippen LogP contribution in [0.4, 0.5) is 0 Å². The molecule has 0 bridgehead atoms. The summed E-state index contributed by atoms with van der Waals surface area (Å²) in [5, 5.41) is 40.4. The molecule has 39 heavy (non-hydrogen) atoms. The summed E-state index contributed by atoms with van der Waals surface area (Å²) in [4.78, 5) is 64.9. The van der Waals surface area contributed by atoms with Crippen molar-refractivity contribution >= 4 is 29.8 Å². The smallest absolute Gasteiger partial charge is 0.317 e. The normalized spacial score (nSPS) is 18.9. The minimum atomic E-state index is -1.08. The quantitative estimate of drug-likeness (QED) is 0.214. The molecule has 5 N–H and O–H groups in total. The molecule has 0 radical (unpaired) electrons. The number of aliphatic carboxylic acids is 4. The number of rotatable bonds is 11. The van der Waals surface area contributed by atoms with Crippen LogP contribution in [0.25, 0.3) is 0 Å². The maximum atomic E-state index is 11.9. The summed E-state index contributed by atoms with van der Waals surface area (Å²) in [6, 6.07) is 6.35. The van der Waals surface area contributed by atoms with Gasteiger partial charge in [0, 0.05) is 64.5 Å². The van der Waals surface area contributed by atoms with Crippen LogP contribution in [0.1, 0.15) is 15.9 Å². The van der Waals surface area contributed by atoms with Gasteiger partial charge in [-0.05, 0) is 24.1 Å². The molecular weight excluding hydrogens is 514 g/mol. The van der Waals surface area contributed by atoms with E-state index < -0.39 is 29.9 Å². The molecule has 1 amide bonds. The van der Waals surface area contributed by atoms with Crippen molar-refractivity contribution in [3.05, 3.63) is 35.4 Å². The zero-order chi connectivity index (χ0) is 28.9. The topological polar surface area (TPSA) is 191 Å². The lowest BCUT2D eigenvalue weighted by Crippen LogP contribution is -2.53. The summed E-state index contributed by atoms with van der Waals surface area (Å²) >= 11 is 0. The van der Waals surface area contributed by atoms with Crippen molar-refractivity contribution in [3.8, 4) is 0 Å². The predicted molar refractivity (Wildman–Crippen MR) is 139 cm³/mol. The molecular formula is C25H37N5O9. The Morgan fingerprint density at radius 2 is 1.13 bits per heavy atom. The monoisotopic (exact) mass is 551 g/mol. The first-order valence-electron chi connectivity index (χ1n) is 12.6. The Morgan fingerprint density at radius 3 is 1.59 bits per heavy atom. The second-order valence-corrected chi connectivity index (χ2v) is 9.47. The van der Waals surface area contributed by atoms with Crippen LogP contribution in [0.3, 0.4) is 0 Å². The van der Waals surface area contributed by atoms with Crippen molar-refractivity contribution in [2.24, 2.45) is 0 Å². The Morgan fingerprint density at radius 1 is 0.692 bits per heavy atom. The van der Waals surface area contributed by atoms with Gasteiger partial charge in [0.1, 0.15) is 0 Å². The fourth-order valence-corrected chi connectivity index (χ4v) is 4.56. The van der Waals surface area contributed by atoms with Gasteiger partial charge in [-0.1, -0.05) is 12.1 Å². The summed E-state index contributed by atoms with van der Waals surface area (Å²) in [7, 11) is 1.52. The van der Waals surface area contributed by atoms with E-state index in [0.29, 0.717) is 12.0 Å². The summed E-state index contributed by atoms with van der Waals surface area (Å²) in [6.07, 6.45) is 0.342. The Hall–Kier alpha value is -3.59. The third-order valence-electron chi connectivity index (χ3n) is 6.48. The number of nitrogens with one attached hydrogen (secondary N) is 1. The van der Waals surface area contributed by atoms with Crippen molar-refractivity contribution in [3.63, 3.8) is 0 Å². The minimum Gasteiger partial charge on any atom is -0.480 e. The minimum absolute atomic E-state index is 0.177. The molecule has 0 aromatic heterocycles. The molecule has 2 rings (SSSR count). The molecule has 1 aliphatic rings. The van der Waals surface area contributed by atoms with E-state index in [0.717, 1.165) is 5.56 Å². The molecule has 1 saturated heterocycles. The number of hydrogen-bond donors (Lipinski definition) is 5. The van der Waals surface area contributed by atoms with Crippen molar-refractivity contribution < 1.29 is 44.4 Å². The van der Waals surface area contributed by atoms with E-state index in [1.807, 2.05) is 0 Å². The van der Waals surface area contributed by atoms with Crippen molar-refractivity contribution in [1.29, 1.82) is 0 Å². The molecule has 1 atom stereocenters. The number of hydrogen-bond acceptors (Lipinski definition) is 9. The molecule has 1 heterocycles. The van der Waals surface area contributed by atoms with Gasteiger partial charge in [0.25, 0.3) is 5.91 Å². The average molecular weight is 552 g/mol. The van der Waals surface area contributed by atoms with Crippen LogP contribution in [-0.4, -0.2) is 155 Å². The zero-order valence-corrected chi connectivity index (χ0v) is 22.0. The molecule has 1 aromatic carbocycles. The number of carboxylic acids is 4. The fraction of sp³-hybridized carbons (Fsp3) is 0.560. The van der Waals surface area contributed by atoms with Crippen molar-refractivity contribution in [2.45, 2.75) is 12.5 Å². The van der Waals surface area contributed by atoms with E-state index in [1.165, 1.54) is 7.05 Å². The second kappa shape index (κ2) is 15.7. The van der Waals surface area contributed by atoms with Crippen LogP contribution in [0.5, 0.6) is 0 Å². The summed E-state index contributed by atoms with van der Waals surface area (Å²) in [6.45, 7) is 0.284. The fourth-order valence-electron chi connectivity index (χ4n) is 4.56. The molecule has 0 aliphatic carbocycles. The van der Waals surface area contributed by atoms with E-state index in [2.05, 4.69) is 5.32 Å². The predicted octanol–water partition coefficient (Wildman–Crippen LogP) is -1.48. The van der Waals surface area contributed by atoms with E-state index in [-0.39, 0.29) is 77.9 Å². The van der Waals surface area contributed by atoms with Crippen LogP contribution in [0, 0.1) is 0 Å². The van der Waals surface area contributed by atoms with E-state index in [9.17, 15) is 44.4 Å². The van der Waals surface area contributed by atoms with Gasteiger partial charge in [-0.15, -0.1) is 0 Å². The highest BCUT2D eigenvalue weighted by Gasteiger charge is 2.27. The van der Waals surface area contributed by atoms with Gasteiger partial charge >= 0.3 is 23.9 Å². The van der Waals surface area contributed by atoms with Gasteiger partial charge in [-0.3, -0.25) is 43.6 Å². The third-order valence-corrected chi connectivity index (χ3v) is 6.48. The van der Waals surface area contributed by atoms with Crippen LogP contribution >= 0.6 is 0 Å². The largest absolute Gasteiger partial charge is 0.480 e. The van der Waals surface area contributed by atoms with Crippen LogP contribution in [0.2, 0.25) is 0 Å². The Bertz CT molecular complexity index is 1000. The lowest BCUT2D eigenvalue weighted by Gasteiger charge is -2.37. The average Bonchev–Trinajstić information content (AvgIpc) is 2.85. The van der Waals surface area contributed by atoms with Gasteiger partial charge in [0.15, 0.2) is 0 Å². The first-order valence-corrected chi connectivity index (χ1v) is 12.6. The third kappa shape index (κ3) is 11.8. The molecule has 1 aliphatic heterocycles. The zero-order valence-electron chi connectivity index (χ0n) is 22.0. The maximum Gasteiger partial charge on any atom is 0.317 e. The number of carbonyl (C=O) groups excluding carboxylic acids is 1. The molecule has 0 saturated carbocycles. The highest BCUT2D eigenvalue weighted by Crippen LogP contribution is 2.14. The van der Waals surface area contributed by atoms with Gasteiger partial charge in [0.2, 0.25) is 0 Å². The standard InChI is InChI=1S/C25H37N5O9/c1-26-25(39)19-4-2-18(3-5-19)12-20-13-29(16-23(35)36)9-8-27(14-21(31)32)6-7-28(15-22(33)34)10-11-30(20)17-24(37)38/h2-5,20H,6-17H2,1H3,(H,26,39)(H,31,32)(H,33,34)(H,35,36)(H,37,38). The lowest BCUT2D eigenvalue weighted by atomic mass is 10.0. The summed E-state index contributed by atoms with van der Waals surface area (Å²) in [5.41, 5.74) is 1.26. The van der Waals surface area contributed by atoms with Gasteiger partial charge in [-0.25, -0.2) is 0 Å². The molecule has 1 aromatic rings. The Labute approximate surface area is 226 Å². The number of nitrogens with zero attached hydrogens (tertiary/aromatic N) is 4. The van der Waals surface area contributed by atoms with E-state index >= 15 is 0 Å². The molecule has 14 nitrogen and oxygen atoms in total. The molecule has 1 fully saturated rings. The molecule has 14 heteroatoms. The van der Waals surface area contributed by atoms with E-state index in [1.54, 1.807) is 43.9 Å². The van der Waals surface area contributed by atoms with Crippen LogP contribution < -0.4 is 5.32 Å². The van der Waals surface area contributed by atoms with Crippen molar-refractivity contribution in [1.82, 2.24) is 24.9 Å². The number of benzene rings is 1. The highest BCUT2D eigenvalue weighted by molar-refractivity contribution is 5.93. The Kier molecular flexibility index (Phi) is 12.8. The maximum absolute atomic E-state index is 11.9. The van der Waals surface area contributed by atoms with Crippen molar-refractivity contribution in [2.75, 3.05) is 79.0 Å². The highest BCUT2D eigenvalue weighted by atomic mass is 16.4. The van der Waals surface area contributed by atoms with E-state index in [4.69, 9.17) is 0 Å². The first-order chi connectivity index (χ1) is 18.5. The van der Waals surface area contributed by atoms with Gasteiger partial charge < -0.3 is 25.7 Å². The summed E-state index contributed by atoms with van der Waals surface area (Å²) < 4.78 is 0. The SMILES string of the molecule is CNC(=O)c1ccc(CC2CN(CC(=O)O)CCN(CC(=O)O)CCN(CC(=O)O)CCN2CC(=O)O)cc1.